The summed E-state index contributed by atoms with van der Waals surface area (Å²) in [4.78, 5) is 0. The van der Waals surface area contributed by atoms with E-state index in [2.05, 4.69) is 9.82 Å². The van der Waals surface area contributed by atoms with Crippen molar-refractivity contribution in [3.05, 3.63) is 54.4 Å². The molecule has 96 valence electrons. The maximum atomic E-state index is 11.8. The molecule has 0 atom stereocenters. The lowest BCUT2D eigenvalue weighted by Gasteiger charge is -2.06. The number of nitrogens with one attached hydrogen (secondary N) is 1. The van der Waals surface area contributed by atoms with E-state index in [0.717, 1.165) is 5.56 Å². The Bertz CT molecular complexity index is 565. The molecule has 2 rings (SSSR count). The first-order chi connectivity index (χ1) is 8.66. The molecule has 0 aliphatic rings. The lowest BCUT2D eigenvalue weighted by Crippen LogP contribution is -2.28. The smallest absolute Gasteiger partial charge is 0.215 e. The van der Waals surface area contributed by atoms with Crippen LogP contribution in [0.3, 0.4) is 0 Å². The van der Waals surface area contributed by atoms with E-state index in [1.165, 1.54) is 0 Å². The standard InChI is InChI=1S/C12H15N3O2S/c16-18(17,11-12-5-2-1-3-6-12)14-8-10-15-9-4-7-13-15/h1-7,9,14H,8,10-11H2. The Morgan fingerprint density at radius 1 is 1.17 bits per heavy atom. The Labute approximate surface area is 107 Å². The van der Waals surface area contributed by atoms with E-state index in [1.807, 2.05) is 18.2 Å². The molecular weight excluding hydrogens is 250 g/mol. The highest BCUT2D eigenvalue weighted by Gasteiger charge is 2.10. The molecule has 0 unspecified atom stereocenters. The quantitative estimate of drug-likeness (QED) is 0.847. The summed E-state index contributed by atoms with van der Waals surface area (Å²) in [6.45, 7) is 0.873. The maximum Gasteiger partial charge on any atom is 0.215 e. The van der Waals surface area contributed by atoms with Crippen LogP contribution < -0.4 is 4.72 Å². The van der Waals surface area contributed by atoms with Crippen molar-refractivity contribution in [3.63, 3.8) is 0 Å². The van der Waals surface area contributed by atoms with Gasteiger partial charge in [0.1, 0.15) is 0 Å². The van der Waals surface area contributed by atoms with Gasteiger partial charge in [0.25, 0.3) is 0 Å². The van der Waals surface area contributed by atoms with E-state index in [9.17, 15) is 8.42 Å². The van der Waals surface area contributed by atoms with E-state index < -0.39 is 10.0 Å². The minimum Gasteiger partial charge on any atom is -0.271 e. The molecule has 0 radical (unpaired) electrons. The van der Waals surface area contributed by atoms with Gasteiger partial charge in [-0.15, -0.1) is 0 Å². The second kappa shape index (κ2) is 5.79. The maximum absolute atomic E-state index is 11.8. The predicted molar refractivity (Wildman–Crippen MR) is 69.3 cm³/mol. The second-order valence-electron chi connectivity index (χ2n) is 3.91. The van der Waals surface area contributed by atoms with Gasteiger partial charge in [-0.3, -0.25) is 4.68 Å². The van der Waals surface area contributed by atoms with E-state index in [1.54, 1.807) is 35.3 Å². The molecule has 1 N–H and O–H groups in total. The fraction of sp³-hybridized carbons (Fsp3) is 0.250. The van der Waals surface area contributed by atoms with E-state index in [0.29, 0.717) is 13.1 Å². The van der Waals surface area contributed by atoms with Gasteiger partial charge in [-0.25, -0.2) is 13.1 Å². The lowest BCUT2D eigenvalue weighted by molar-refractivity contribution is 0.560. The SMILES string of the molecule is O=S(=O)(Cc1ccccc1)NCCn1cccn1. The predicted octanol–water partition coefficient (Wildman–Crippen LogP) is 1.00. The monoisotopic (exact) mass is 265 g/mol. The van der Waals surface area contributed by atoms with Crippen LogP contribution in [0.5, 0.6) is 0 Å². The first-order valence-electron chi connectivity index (χ1n) is 5.64. The zero-order valence-electron chi connectivity index (χ0n) is 9.86. The number of nitrogens with zero attached hydrogens (tertiary/aromatic N) is 2. The molecule has 0 amide bonds. The van der Waals surface area contributed by atoms with Crippen molar-refractivity contribution < 1.29 is 8.42 Å². The molecule has 5 nitrogen and oxygen atoms in total. The summed E-state index contributed by atoms with van der Waals surface area (Å²) >= 11 is 0. The van der Waals surface area contributed by atoms with Crippen LogP contribution in [0.1, 0.15) is 5.56 Å². The molecule has 0 aliphatic carbocycles. The molecule has 0 saturated carbocycles. The number of hydrogen-bond acceptors (Lipinski definition) is 3. The number of benzene rings is 1. The molecular formula is C12H15N3O2S. The summed E-state index contributed by atoms with van der Waals surface area (Å²) in [7, 11) is -3.28. The third kappa shape index (κ3) is 3.97. The summed E-state index contributed by atoms with van der Waals surface area (Å²) in [5, 5.41) is 4.00. The average Bonchev–Trinajstić information content (AvgIpc) is 2.82. The van der Waals surface area contributed by atoms with Gasteiger partial charge >= 0.3 is 0 Å². The summed E-state index contributed by atoms with van der Waals surface area (Å²) in [6.07, 6.45) is 3.46. The highest BCUT2D eigenvalue weighted by atomic mass is 32.2. The van der Waals surface area contributed by atoms with Crippen molar-refractivity contribution >= 4 is 10.0 Å². The van der Waals surface area contributed by atoms with Gasteiger partial charge in [0.2, 0.25) is 10.0 Å². The highest BCUT2D eigenvalue weighted by molar-refractivity contribution is 7.88. The van der Waals surface area contributed by atoms with Crippen molar-refractivity contribution in [1.29, 1.82) is 0 Å². The van der Waals surface area contributed by atoms with Crippen LogP contribution in [0.15, 0.2) is 48.8 Å². The third-order valence-corrected chi connectivity index (χ3v) is 3.78. The molecule has 1 aromatic heterocycles. The minimum atomic E-state index is -3.28. The molecule has 0 spiro atoms. The van der Waals surface area contributed by atoms with Crippen molar-refractivity contribution in [2.75, 3.05) is 6.54 Å². The van der Waals surface area contributed by atoms with Gasteiger partial charge in [-0.2, -0.15) is 5.10 Å². The van der Waals surface area contributed by atoms with Crippen molar-refractivity contribution in [3.8, 4) is 0 Å². The summed E-state index contributed by atoms with van der Waals surface area (Å²) in [5.41, 5.74) is 0.782. The zero-order chi connectivity index (χ0) is 12.8. The Hall–Kier alpha value is -1.66. The van der Waals surface area contributed by atoms with E-state index >= 15 is 0 Å². The number of aromatic nitrogens is 2. The molecule has 0 saturated heterocycles. The van der Waals surface area contributed by atoms with Crippen LogP contribution in [-0.4, -0.2) is 24.7 Å². The molecule has 2 aromatic rings. The molecule has 18 heavy (non-hydrogen) atoms. The first-order valence-corrected chi connectivity index (χ1v) is 7.30. The fourth-order valence-electron chi connectivity index (χ4n) is 1.59. The number of sulfonamides is 1. The van der Waals surface area contributed by atoms with Gasteiger partial charge < -0.3 is 0 Å². The second-order valence-corrected chi connectivity index (χ2v) is 5.72. The van der Waals surface area contributed by atoms with Crippen LogP contribution in [0, 0.1) is 0 Å². The highest BCUT2D eigenvalue weighted by Crippen LogP contribution is 2.03. The van der Waals surface area contributed by atoms with Crippen LogP contribution in [0.25, 0.3) is 0 Å². The number of rotatable bonds is 6. The Kier molecular flexibility index (Phi) is 4.11. The Balaban J connectivity index is 1.84. The first kappa shape index (κ1) is 12.8. The van der Waals surface area contributed by atoms with Crippen LogP contribution in [-0.2, 0) is 22.3 Å². The average molecular weight is 265 g/mol. The largest absolute Gasteiger partial charge is 0.271 e. The van der Waals surface area contributed by atoms with Gasteiger partial charge in [0.05, 0.1) is 12.3 Å². The molecule has 1 heterocycles. The van der Waals surface area contributed by atoms with Crippen LogP contribution in [0.4, 0.5) is 0 Å². The Morgan fingerprint density at radius 3 is 2.61 bits per heavy atom. The van der Waals surface area contributed by atoms with Gasteiger partial charge in [-0.05, 0) is 11.6 Å². The minimum absolute atomic E-state index is 0.00689. The Morgan fingerprint density at radius 2 is 1.94 bits per heavy atom. The topological polar surface area (TPSA) is 64.0 Å². The van der Waals surface area contributed by atoms with Crippen LogP contribution in [0.2, 0.25) is 0 Å². The van der Waals surface area contributed by atoms with Crippen molar-refractivity contribution in [2.24, 2.45) is 0 Å². The molecule has 1 aromatic carbocycles. The van der Waals surface area contributed by atoms with Gasteiger partial charge in [-0.1, -0.05) is 30.3 Å². The van der Waals surface area contributed by atoms with Crippen molar-refractivity contribution in [1.82, 2.24) is 14.5 Å². The van der Waals surface area contributed by atoms with Crippen LogP contribution >= 0.6 is 0 Å². The summed E-state index contributed by atoms with van der Waals surface area (Å²) in [6, 6.07) is 10.9. The van der Waals surface area contributed by atoms with E-state index in [4.69, 9.17) is 0 Å². The van der Waals surface area contributed by atoms with Gasteiger partial charge in [0.15, 0.2) is 0 Å². The van der Waals surface area contributed by atoms with Crippen molar-refractivity contribution in [2.45, 2.75) is 12.3 Å². The lowest BCUT2D eigenvalue weighted by atomic mass is 10.2. The third-order valence-electron chi connectivity index (χ3n) is 2.42. The molecule has 0 bridgehead atoms. The summed E-state index contributed by atoms with van der Waals surface area (Å²) < 4.78 is 27.8. The number of hydrogen-bond donors (Lipinski definition) is 1. The zero-order valence-corrected chi connectivity index (χ0v) is 10.7. The summed E-state index contributed by atoms with van der Waals surface area (Å²) in [5.74, 6) is 0.00689. The van der Waals surface area contributed by atoms with Gasteiger partial charge in [0, 0.05) is 18.9 Å². The molecule has 0 aliphatic heterocycles. The fourth-order valence-corrected chi connectivity index (χ4v) is 2.73. The molecule has 0 fully saturated rings. The normalized spacial score (nSPS) is 11.6. The molecule has 6 heteroatoms. The van der Waals surface area contributed by atoms with E-state index in [-0.39, 0.29) is 5.75 Å².